The van der Waals surface area contributed by atoms with Gasteiger partial charge in [-0.15, -0.1) is 0 Å². The van der Waals surface area contributed by atoms with E-state index in [0.29, 0.717) is 30.2 Å². The number of nitrogens with one attached hydrogen (secondary N) is 1. The van der Waals surface area contributed by atoms with Crippen LogP contribution in [0.2, 0.25) is 0 Å². The molecule has 28 heavy (non-hydrogen) atoms. The quantitative estimate of drug-likeness (QED) is 0.605. The lowest BCUT2D eigenvalue weighted by Gasteiger charge is -2.21. The number of anilines is 1. The van der Waals surface area contributed by atoms with Gasteiger partial charge in [-0.3, -0.25) is 14.9 Å². The molecule has 0 spiro atoms. The molecule has 1 aromatic rings. The predicted octanol–water partition coefficient (Wildman–Crippen LogP) is 1.13. The number of nitrogens with two attached hydrogens (primary N) is 1. The molecule has 9 heteroatoms. The summed E-state index contributed by atoms with van der Waals surface area (Å²) in [5, 5.41) is 17.0. The zero-order valence-corrected chi connectivity index (χ0v) is 16.4. The van der Waals surface area contributed by atoms with Gasteiger partial charge in [0.2, 0.25) is 0 Å². The van der Waals surface area contributed by atoms with Crippen molar-refractivity contribution in [1.82, 2.24) is 9.36 Å². The van der Waals surface area contributed by atoms with E-state index < -0.39 is 0 Å². The monoisotopic (exact) mass is 388 g/mol. The van der Waals surface area contributed by atoms with Crippen molar-refractivity contribution in [3.05, 3.63) is 34.0 Å². The first kappa shape index (κ1) is 19.9. The molecule has 0 saturated carbocycles. The summed E-state index contributed by atoms with van der Waals surface area (Å²) >= 11 is 0. The van der Waals surface area contributed by atoms with E-state index in [4.69, 9.17) is 21.0 Å². The van der Waals surface area contributed by atoms with Crippen LogP contribution in [-0.4, -0.2) is 52.2 Å². The summed E-state index contributed by atoms with van der Waals surface area (Å²) in [6.45, 7) is 6.86. The maximum absolute atomic E-state index is 13.1. The van der Waals surface area contributed by atoms with Crippen LogP contribution in [0.5, 0.6) is 0 Å². The SMILES string of the molecule is CCn1c(N2CCCC2)c(/N=C2/C=C(OCCO)C(=N)C=C2N)c(=O)n1CC. The van der Waals surface area contributed by atoms with Gasteiger partial charge >= 0.3 is 0 Å². The highest BCUT2D eigenvalue weighted by molar-refractivity contribution is 6.22. The highest BCUT2D eigenvalue weighted by atomic mass is 16.5. The van der Waals surface area contributed by atoms with Crippen LogP contribution in [-0.2, 0) is 17.8 Å². The van der Waals surface area contributed by atoms with E-state index in [1.807, 2.05) is 18.5 Å². The average molecular weight is 388 g/mol. The molecule has 2 heterocycles. The minimum Gasteiger partial charge on any atom is -0.489 e. The minimum atomic E-state index is -0.157. The van der Waals surface area contributed by atoms with Gasteiger partial charge in [0.1, 0.15) is 12.4 Å². The molecule has 3 rings (SSSR count). The number of aliphatic imine (C=N–C) groups is 1. The van der Waals surface area contributed by atoms with Crippen molar-refractivity contribution < 1.29 is 9.84 Å². The van der Waals surface area contributed by atoms with Crippen LogP contribution in [0.25, 0.3) is 0 Å². The molecule has 1 saturated heterocycles. The summed E-state index contributed by atoms with van der Waals surface area (Å²) in [6.07, 6.45) is 5.18. The second-order valence-corrected chi connectivity index (χ2v) is 6.69. The van der Waals surface area contributed by atoms with E-state index in [9.17, 15) is 4.79 Å². The highest BCUT2D eigenvalue weighted by Crippen LogP contribution is 2.30. The van der Waals surface area contributed by atoms with Crippen molar-refractivity contribution in [3.63, 3.8) is 0 Å². The predicted molar refractivity (Wildman–Crippen MR) is 110 cm³/mol. The molecule has 152 valence electrons. The fourth-order valence-corrected chi connectivity index (χ4v) is 3.62. The van der Waals surface area contributed by atoms with Gasteiger partial charge in [-0.2, -0.15) is 0 Å². The second kappa shape index (κ2) is 8.47. The first-order valence-electron chi connectivity index (χ1n) is 9.70. The van der Waals surface area contributed by atoms with Crippen molar-refractivity contribution in [2.45, 2.75) is 39.8 Å². The normalized spacial score (nSPS) is 18.6. The molecule has 1 fully saturated rings. The van der Waals surface area contributed by atoms with E-state index in [1.54, 1.807) is 10.8 Å². The Hall–Kier alpha value is -2.81. The van der Waals surface area contributed by atoms with Crippen molar-refractivity contribution in [1.29, 1.82) is 5.41 Å². The van der Waals surface area contributed by atoms with Crippen molar-refractivity contribution in [2.24, 2.45) is 10.7 Å². The topological polar surface area (TPSA) is 122 Å². The van der Waals surface area contributed by atoms with Crippen LogP contribution in [0.15, 0.2) is 33.4 Å². The van der Waals surface area contributed by atoms with Gasteiger partial charge in [-0.25, -0.2) is 9.67 Å². The lowest BCUT2D eigenvalue weighted by molar-refractivity contribution is 0.156. The van der Waals surface area contributed by atoms with Gasteiger partial charge < -0.3 is 20.5 Å². The maximum atomic E-state index is 13.1. The second-order valence-electron chi connectivity index (χ2n) is 6.69. The molecule has 0 atom stereocenters. The van der Waals surface area contributed by atoms with E-state index in [-0.39, 0.29) is 30.2 Å². The van der Waals surface area contributed by atoms with Gasteiger partial charge in [-0.05, 0) is 32.8 Å². The molecule has 1 aliphatic carbocycles. The third kappa shape index (κ3) is 3.62. The number of aromatic nitrogens is 2. The molecule has 1 aliphatic heterocycles. The lowest BCUT2D eigenvalue weighted by Crippen LogP contribution is -2.25. The van der Waals surface area contributed by atoms with Crippen molar-refractivity contribution in [3.8, 4) is 0 Å². The fraction of sp³-hybridized carbons (Fsp3) is 0.526. The molecule has 0 bridgehead atoms. The van der Waals surface area contributed by atoms with Crippen LogP contribution in [0, 0.1) is 5.41 Å². The summed E-state index contributed by atoms with van der Waals surface area (Å²) in [7, 11) is 0. The molecule has 0 aromatic carbocycles. The number of aliphatic hydroxyl groups is 1. The standard InChI is InChI=1S/C19H28N6O3/c1-3-24-18(23-7-5-6-8-23)17(19(27)25(24)4-2)22-15-12-16(28-10-9-26)14(21)11-13(15)20/h11-12,21,26H,3-10,20H2,1-2H3/b21-14?,22-15-. The number of nitrogens with zero attached hydrogens (tertiary/aromatic N) is 4. The molecule has 0 amide bonds. The summed E-state index contributed by atoms with van der Waals surface area (Å²) in [5.74, 6) is 1.09. The van der Waals surface area contributed by atoms with Crippen LogP contribution in [0.1, 0.15) is 26.7 Å². The highest BCUT2D eigenvalue weighted by Gasteiger charge is 2.26. The number of ether oxygens (including phenoxy) is 1. The van der Waals surface area contributed by atoms with Gasteiger partial charge in [0.25, 0.3) is 5.56 Å². The van der Waals surface area contributed by atoms with Crippen LogP contribution in [0.3, 0.4) is 0 Å². The maximum Gasteiger partial charge on any atom is 0.294 e. The van der Waals surface area contributed by atoms with E-state index in [1.165, 1.54) is 6.08 Å². The molecular weight excluding hydrogens is 360 g/mol. The Morgan fingerprint density at radius 3 is 2.50 bits per heavy atom. The van der Waals surface area contributed by atoms with Crippen LogP contribution in [0.4, 0.5) is 11.5 Å². The first-order valence-corrected chi connectivity index (χ1v) is 9.70. The van der Waals surface area contributed by atoms with Crippen LogP contribution < -0.4 is 16.2 Å². The number of rotatable bonds is 7. The third-order valence-corrected chi connectivity index (χ3v) is 4.90. The molecule has 0 unspecified atom stereocenters. The average Bonchev–Trinajstić information content (AvgIpc) is 3.29. The lowest BCUT2D eigenvalue weighted by atomic mass is 10.1. The summed E-state index contributed by atoms with van der Waals surface area (Å²) < 4.78 is 9.07. The summed E-state index contributed by atoms with van der Waals surface area (Å²) in [6, 6.07) is 0. The summed E-state index contributed by atoms with van der Waals surface area (Å²) in [4.78, 5) is 19.9. The largest absolute Gasteiger partial charge is 0.489 e. The number of allylic oxidation sites excluding steroid dienone is 2. The number of aliphatic hydroxyl groups excluding tert-OH is 1. The summed E-state index contributed by atoms with van der Waals surface area (Å²) in [5.41, 5.74) is 7.10. The van der Waals surface area contributed by atoms with Gasteiger partial charge in [0.15, 0.2) is 11.5 Å². The molecule has 1 aromatic heterocycles. The Labute approximate surface area is 163 Å². The molecule has 9 nitrogen and oxygen atoms in total. The van der Waals surface area contributed by atoms with Crippen molar-refractivity contribution >= 4 is 22.9 Å². The molecular formula is C19H28N6O3. The van der Waals surface area contributed by atoms with Gasteiger partial charge in [0.05, 0.1) is 23.7 Å². The first-order chi connectivity index (χ1) is 13.5. The number of hydrogen-bond acceptors (Lipinski definition) is 7. The van der Waals surface area contributed by atoms with Gasteiger partial charge in [0, 0.05) is 32.3 Å². The zero-order chi connectivity index (χ0) is 20.3. The van der Waals surface area contributed by atoms with E-state index >= 15 is 0 Å². The Kier molecular flexibility index (Phi) is 6.03. The molecule has 0 radical (unpaired) electrons. The zero-order valence-electron chi connectivity index (χ0n) is 16.4. The van der Waals surface area contributed by atoms with E-state index in [0.717, 1.165) is 31.7 Å². The van der Waals surface area contributed by atoms with Crippen LogP contribution >= 0.6 is 0 Å². The van der Waals surface area contributed by atoms with E-state index in [2.05, 4.69) is 9.89 Å². The Bertz CT molecular complexity index is 900. The van der Waals surface area contributed by atoms with Crippen molar-refractivity contribution in [2.75, 3.05) is 31.2 Å². The Balaban J connectivity index is 2.13. The third-order valence-electron chi connectivity index (χ3n) is 4.90. The van der Waals surface area contributed by atoms with Gasteiger partial charge in [-0.1, -0.05) is 0 Å². The molecule has 2 aliphatic rings. The molecule has 4 N–H and O–H groups in total. The minimum absolute atomic E-state index is 0.0725. The Morgan fingerprint density at radius 2 is 1.89 bits per heavy atom. The Morgan fingerprint density at radius 1 is 1.21 bits per heavy atom. The number of hydrogen-bond donors (Lipinski definition) is 3. The fourth-order valence-electron chi connectivity index (χ4n) is 3.62. The smallest absolute Gasteiger partial charge is 0.294 e.